The van der Waals surface area contributed by atoms with Crippen molar-refractivity contribution in [1.82, 2.24) is 20.9 Å². The zero-order chi connectivity index (χ0) is 35.8. The molecule has 1 fully saturated rings. The Morgan fingerprint density at radius 1 is 1.02 bits per heavy atom. The molecule has 4 atom stereocenters. The summed E-state index contributed by atoms with van der Waals surface area (Å²) in [6, 6.07) is 15.3. The summed E-state index contributed by atoms with van der Waals surface area (Å²) in [7, 11) is 1.67. The van der Waals surface area contributed by atoms with Gasteiger partial charge in [0.2, 0.25) is 23.6 Å². The number of hydrogen-bond acceptors (Lipinski definition) is 7. The molecule has 0 saturated carbocycles. The molecule has 1 aliphatic rings. The van der Waals surface area contributed by atoms with Gasteiger partial charge in [0.1, 0.15) is 18.1 Å². The molecule has 1 aliphatic heterocycles. The van der Waals surface area contributed by atoms with Gasteiger partial charge in [-0.15, -0.1) is 11.3 Å². The number of likely N-dealkylation sites (N-methyl/N-ethyl adjacent to an activating group) is 1. The average molecular weight is 692 g/mol. The van der Waals surface area contributed by atoms with E-state index in [0.29, 0.717) is 19.4 Å². The number of carbonyl (C=O) groups is 5. The Balaban J connectivity index is 0.000000804. The first-order chi connectivity index (χ1) is 22.5. The lowest BCUT2D eigenvalue weighted by Gasteiger charge is -2.31. The summed E-state index contributed by atoms with van der Waals surface area (Å²) in [5.41, 5.74) is 7.62. The number of nitrogens with one attached hydrogen (secondary N) is 3. The predicted octanol–water partition coefficient (Wildman–Crippen LogP) is 3.45. The number of hydrogen-bond donors (Lipinski definition) is 5. The molecule has 0 spiro atoms. The SMILES string of the molecule is CN[C@@H](C)C(=O)N[C@H](C(=O)N1CCC[C@H]1C(=O)N[C@@H](Cc1cccc(-c2cc3ccccc3s2)c1)C(N)=O)C(C)C.O=C(O)C(F)(F)F. The molecular formula is C33H40F3N5O6S. The van der Waals surface area contributed by atoms with E-state index in [1.807, 2.05) is 50.2 Å². The molecule has 0 aliphatic carbocycles. The van der Waals surface area contributed by atoms with Crippen LogP contribution in [-0.4, -0.2) is 83.5 Å². The molecule has 2 heterocycles. The van der Waals surface area contributed by atoms with E-state index in [9.17, 15) is 32.3 Å². The number of alkyl halides is 3. The standard InChI is InChI=1S/C31H39N5O4S.C2HF3O2/c1-18(2)27(35-29(38)19(3)33-4)31(40)36-14-8-12-24(36)30(39)34-23(28(32)37)16-20-9-7-11-21(15-20)26-17-22-10-5-6-13-25(22)41-26;3-2(4,5)1(6)7/h5-7,9-11,13,15,17-19,23-24,27,33H,8,12,14,16H2,1-4H3,(H2,32,37)(H,34,39)(H,35,38);(H,6,7)/t19-,23-,24-,27-;/m0./s1. The fraction of sp³-hybridized carbons (Fsp3) is 0.424. The maximum absolute atomic E-state index is 13.5. The minimum atomic E-state index is -5.08. The van der Waals surface area contributed by atoms with Crippen molar-refractivity contribution in [3.05, 3.63) is 60.2 Å². The molecule has 0 bridgehead atoms. The smallest absolute Gasteiger partial charge is 0.475 e. The van der Waals surface area contributed by atoms with Gasteiger partial charge >= 0.3 is 12.1 Å². The Morgan fingerprint density at radius 2 is 1.69 bits per heavy atom. The number of aliphatic carboxylic acids is 1. The Morgan fingerprint density at radius 3 is 2.27 bits per heavy atom. The topological polar surface area (TPSA) is 171 Å². The quantitative estimate of drug-likeness (QED) is 0.205. The van der Waals surface area contributed by atoms with E-state index in [-0.39, 0.29) is 24.2 Å². The molecule has 6 N–H and O–H groups in total. The Kier molecular flexibility index (Phi) is 13.1. The molecule has 48 heavy (non-hydrogen) atoms. The largest absolute Gasteiger partial charge is 0.490 e. The summed E-state index contributed by atoms with van der Waals surface area (Å²) in [4.78, 5) is 63.4. The van der Waals surface area contributed by atoms with Crippen LogP contribution in [0.25, 0.3) is 20.5 Å². The van der Waals surface area contributed by atoms with Crippen molar-refractivity contribution >= 4 is 51.0 Å². The van der Waals surface area contributed by atoms with Crippen molar-refractivity contribution in [2.75, 3.05) is 13.6 Å². The van der Waals surface area contributed by atoms with Gasteiger partial charge in [0.05, 0.1) is 6.04 Å². The minimum Gasteiger partial charge on any atom is -0.475 e. The second-order valence-electron chi connectivity index (χ2n) is 11.7. The Labute approximate surface area is 280 Å². The number of primary amides is 1. The average Bonchev–Trinajstić information content (AvgIpc) is 3.70. The van der Waals surface area contributed by atoms with Crippen molar-refractivity contribution in [3.63, 3.8) is 0 Å². The highest BCUT2D eigenvalue weighted by atomic mass is 32.1. The number of nitrogens with two attached hydrogens (primary N) is 1. The lowest BCUT2D eigenvalue weighted by molar-refractivity contribution is -0.192. The van der Waals surface area contributed by atoms with E-state index in [2.05, 4.69) is 34.1 Å². The van der Waals surface area contributed by atoms with Gasteiger partial charge in [-0.05, 0) is 61.4 Å². The van der Waals surface area contributed by atoms with E-state index >= 15 is 0 Å². The highest BCUT2D eigenvalue weighted by Crippen LogP contribution is 2.34. The first-order valence-electron chi connectivity index (χ1n) is 15.3. The van der Waals surface area contributed by atoms with E-state index < -0.39 is 48.1 Å². The normalized spacial score (nSPS) is 16.4. The molecule has 1 aromatic heterocycles. The molecule has 3 aromatic rings. The van der Waals surface area contributed by atoms with Gasteiger partial charge in [-0.25, -0.2) is 4.79 Å². The minimum absolute atomic E-state index is 0.175. The first-order valence-corrected chi connectivity index (χ1v) is 16.1. The van der Waals surface area contributed by atoms with Gasteiger partial charge in [-0.3, -0.25) is 19.2 Å². The van der Waals surface area contributed by atoms with Gasteiger partial charge in [-0.1, -0.05) is 56.3 Å². The van der Waals surface area contributed by atoms with Crippen LogP contribution >= 0.6 is 11.3 Å². The van der Waals surface area contributed by atoms with E-state index in [1.54, 1.807) is 25.3 Å². The number of carboxylic acid groups (broad SMARTS) is 1. The lowest BCUT2D eigenvalue weighted by Crippen LogP contribution is -2.58. The van der Waals surface area contributed by atoms with Gasteiger partial charge < -0.3 is 31.7 Å². The number of nitrogens with zero attached hydrogens (tertiary/aromatic N) is 1. The van der Waals surface area contributed by atoms with Crippen molar-refractivity contribution in [2.45, 2.75) is 70.4 Å². The van der Waals surface area contributed by atoms with Crippen LogP contribution in [0.15, 0.2) is 54.6 Å². The van der Waals surface area contributed by atoms with Gasteiger partial charge in [0, 0.05) is 22.5 Å². The summed E-state index contributed by atoms with van der Waals surface area (Å²) in [6.45, 7) is 5.82. The molecular weight excluding hydrogens is 651 g/mol. The maximum Gasteiger partial charge on any atom is 0.490 e. The zero-order valence-electron chi connectivity index (χ0n) is 27.0. The predicted molar refractivity (Wildman–Crippen MR) is 176 cm³/mol. The summed E-state index contributed by atoms with van der Waals surface area (Å²) >= 11 is 1.70. The van der Waals surface area contributed by atoms with Crippen LogP contribution in [0, 0.1) is 5.92 Å². The molecule has 260 valence electrons. The number of fused-ring (bicyclic) bond motifs is 1. The Bertz CT molecular complexity index is 1600. The molecule has 2 aromatic carbocycles. The number of benzene rings is 2. The van der Waals surface area contributed by atoms with Gasteiger partial charge in [0.25, 0.3) is 0 Å². The molecule has 0 radical (unpaired) electrons. The van der Waals surface area contributed by atoms with Crippen molar-refractivity contribution in [3.8, 4) is 10.4 Å². The number of thiophene rings is 1. The Hall–Kier alpha value is -4.50. The number of halogens is 3. The number of likely N-dealkylation sites (tertiary alicyclic amines) is 1. The van der Waals surface area contributed by atoms with Crippen molar-refractivity contribution < 1.29 is 42.3 Å². The summed E-state index contributed by atoms with van der Waals surface area (Å²) in [6.07, 6.45) is -3.74. The third-order valence-electron chi connectivity index (χ3n) is 7.87. The third-order valence-corrected chi connectivity index (χ3v) is 9.04. The maximum atomic E-state index is 13.5. The fourth-order valence-electron chi connectivity index (χ4n) is 5.11. The van der Waals surface area contributed by atoms with Crippen LogP contribution in [0.1, 0.15) is 39.2 Å². The summed E-state index contributed by atoms with van der Waals surface area (Å²) in [5.74, 6) is -4.58. The van der Waals surface area contributed by atoms with E-state index in [4.69, 9.17) is 15.6 Å². The monoisotopic (exact) mass is 691 g/mol. The van der Waals surface area contributed by atoms with E-state index in [1.165, 1.54) is 15.0 Å². The van der Waals surface area contributed by atoms with Crippen LogP contribution < -0.4 is 21.7 Å². The van der Waals surface area contributed by atoms with Crippen LogP contribution in [0.4, 0.5) is 13.2 Å². The van der Waals surface area contributed by atoms with Crippen LogP contribution in [0.2, 0.25) is 0 Å². The number of rotatable bonds is 11. The third kappa shape index (κ3) is 10.0. The molecule has 11 nitrogen and oxygen atoms in total. The second-order valence-corrected chi connectivity index (χ2v) is 12.8. The zero-order valence-corrected chi connectivity index (χ0v) is 27.8. The van der Waals surface area contributed by atoms with E-state index in [0.717, 1.165) is 16.0 Å². The summed E-state index contributed by atoms with van der Waals surface area (Å²) in [5, 5.41) is 16.8. The first kappa shape index (κ1) is 38.0. The molecule has 4 rings (SSSR count). The number of carbonyl (C=O) groups excluding carboxylic acids is 4. The molecule has 0 unspecified atom stereocenters. The van der Waals surface area contributed by atoms with Gasteiger partial charge in [0.15, 0.2) is 0 Å². The fourth-order valence-corrected chi connectivity index (χ4v) is 6.17. The second kappa shape index (κ2) is 16.6. The molecule has 15 heteroatoms. The highest BCUT2D eigenvalue weighted by molar-refractivity contribution is 7.22. The molecule has 4 amide bonds. The summed E-state index contributed by atoms with van der Waals surface area (Å²) < 4.78 is 32.9. The lowest BCUT2D eigenvalue weighted by atomic mass is 10.0. The van der Waals surface area contributed by atoms with Crippen LogP contribution in [-0.2, 0) is 30.4 Å². The van der Waals surface area contributed by atoms with Crippen molar-refractivity contribution in [2.24, 2.45) is 11.7 Å². The van der Waals surface area contributed by atoms with Gasteiger partial charge in [-0.2, -0.15) is 13.2 Å². The number of carboxylic acids is 1. The van der Waals surface area contributed by atoms with Crippen LogP contribution in [0.3, 0.4) is 0 Å². The number of amides is 4. The van der Waals surface area contributed by atoms with Crippen molar-refractivity contribution in [1.29, 1.82) is 0 Å². The highest BCUT2D eigenvalue weighted by Gasteiger charge is 2.40. The van der Waals surface area contributed by atoms with Crippen LogP contribution in [0.5, 0.6) is 0 Å². The molecule has 1 saturated heterocycles.